The maximum Gasteiger partial charge on any atom is 0.338 e. The Kier molecular flexibility index (Phi) is 8.45. The molecule has 5 rings (SSSR count). The van der Waals surface area contributed by atoms with Gasteiger partial charge in [-0.1, -0.05) is 47.7 Å². The van der Waals surface area contributed by atoms with Crippen molar-refractivity contribution >= 4 is 23.4 Å². The molecule has 0 amide bonds. The summed E-state index contributed by atoms with van der Waals surface area (Å²) in [7, 11) is 0. The van der Waals surface area contributed by atoms with E-state index in [1.165, 1.54) is 23.5 Å². The molecule has 0 N–H and O–H groups in total. The first kappa shape index (κ1) is 28.0. The second kappa shape index (κ2) is 12.3. The molecule has 0 spiro atoms. The summed E-state index contributed by atoms with van der Waals surface area (Å²) >= 11 is 1.26. The number of carbonyl (C=O) groups is 1. The molecule has 1 atom stereocenters. The van der Waals surface area contributed by atoms with Gasteiger partial charge in [0, 0.05) is 0 Å². The Morgan fingerprint density at radius 2 is 1.76 bits per heavy atom. The number of carbonyl (C=O) groups excluding carboxylic acids is 1. The van der Waals surface area contributed by atoms with E-state index in [2.05, 4.69) is 4.99 Å². The smallest absolute Gasteiger partial charge is 0.338 e. The summed E-state index contributed by atoms with van der Waals surface area (Å²) in [5.74, 6) is 0.506. The Bertz CT molecular complexity index is 1770. The average Bonchev–Trinajstić information content (AvgIpc) is 3.27. The maximum absolute atomic E-state index is 13.8. The van der Waals surface area contributed by atoms with Gasteiger partial charge in [-0.2, -0.15) is 0 Å². The van der Waals surface area contributed by atoms with Crippen LogP contribution in [0.4, 0.5) is 4.39 Å². The van der Waals surface area contributed by atoms with Crippen LogP contribution in [0.1, 0.15) is 43.5 Å². The Morgan fingerprint density at radius 1 is 1.00 bits per heavy atom. The Labute approximate surface area is 240 Å². The first-order valence-corrected chi connectivity index (χ1v) is 14.1. The second-order valence-electron chi connectivity index (χ2n) is 9.29. The van der Waals surface area contributed by atoms with Crippen LogP contribution in [0.25, 0.3) is 6.08 Å². The number of hydrogen-bond acceptors (Lipinski definition) is 7. The third kappa shape index (κ3) is 6.15. The van der Waals surface area contributed by atoms with E-state index in [1.807, 2.05) is 55.5 Å². The molecule has 2 heterocycles. The van der Waals surface area contributed by atoms with Gasteiger partial charge in [0.2, 0.25) is 0 Å². The molecule has 41 heavy (non-hydrogen) atoms. The lowest BCUT2D eigenvalue weighted by Gasteiger charge is -2.24. The fourth-order valence-electron chi connectivity index (χ4n) is 4.61. The highest BCUT2D eigenvalue weighted by Crippen LogP contribution is 2.31. The van der Waals surface area contributed by atoms with Crippen molar-refractivity contribution in [2.45, 2.75) is 33.4 Å². The molecule has 0 saturated heterocycles. The number of thiazole rings is 1. The van der Waals surface area contributed by atoms with Gasteiger partial charge in [-0.05, 0) is 79.9 Å². The first-order valence-electron chi connectivity index (χ1n) is 13.3. The number of rotatable bonds is 9. The molecule has 0 unspecified atom stereocenters. The quantitative estimate of drug-likeness (QED) is 0.266. The van der Waals surface area contributed by atoms with Crippen molar-refractivity contribution in [2.24, 2.45) is 4.99 Å². The SMILES string of the molecule is CCOC(=O)C1=C(C)N=c2s/c(=C\c3cccc(OCc4ccc(F)cc4)c3)c(=O)n2[C@H]1c1ccc(OCC)cc1. The summed E-state index contributed by atoms with van der Waals surface area (Å²) in [6, 6.07) is 20.2. The molecular formula is C32H29FN2O5S. The molecule has 1 aliphatic rings. The molecule has 0 fully saturated rings. The van der Waals surface area contributed by atoms with Gasteiger partial charge in [0.15, 0.2) is 4.80 Å². The normalized spacial score (nSPS) is 14.8. The summed E-state index contributed by atoms with van der Waals surface area (Å²) in [6.45, 7) is 6.42. The van der Waals surface area contributed by atoms with Crippen molar-refractivity contribution in [3.63, 3.8) is 0 Å². The molecule has 1 aromatic heterocycles. The van der Waals surface area contributed by atoms with Crippen LogP contribution in [-0.2, 0) is 16.1 Å². The van der Waals surface area contributed by atoms with Crippen LogP contribution in [0.2, 0.25) is 0 Å². The van der Waals surface area contributed by atoms with Crippen molar-refractivity contribution in [1.29, 1.82) is 0 Å². The molecule has 0 saturated carbocycles. The zero-order chi connectivity index (χ0) is 28.9. The van der Waals surface area contributed by atoms with Gasteiger partial charge in [-0.15, -0.1) is 0 Å². The predicted molar refractivity (Wildman–Crippen MR) is 155 cm³/mol. The van der Waals surface area contributed by atoms with Gasteiger partial charge in [0.1, 0.15) is 23.9 Å². The lowest BCUT2D eigenvalue weighted by Crippen LogP contribution is -2.39. The van der Waals surface area contributed by atoms with Gasteiger partial charge in [-0.25, -0.2) is 14.2 Å². The lowest BCUT2D eigenvalue weighted by atomic mass is 9.96. The summed E-state index contributed by atoms with van der Waals surface area (Å²) in [5, 5.41) is 0. The number of nitrogens with zero attached hydrogens (tertiary/aromatic N) is 2. The highest BCUT2D eigenvalue weighted by Gasteiger charge is 2.33. The third-order valence-corrected chi connectivity index (χ3v) is 7.48. The Hall–Kier alpha value is -4.50. The first-order chi connectivity index (χ1) is 19.9. The summed E-state index contributed by atoms with van der Waals surface area (Å²) < 4.78 is 32.1. The minimum Gasteiger partial charge on any atom is -0.494 e. The predicted octanol–water partition coefficient (Wildman–Crippen LogP) is 4.92. The number of hydrogen-bond donors (Lipinski definition) is 0. The van der Waals surface area contributed by atoms with Crippen molar-refractivity contribution in [2.75, 3.05) is 13.2 Å². The van der Waals surface area contributed by atoms with E-state index in [0.717, 1.165) is 16.7 Å². The number of halogens is 1. The molecule has 9 heteroatoms. The minimum atomic E-state index is -0.700. The van der Waals surface area contributed by atoms with E-state index >= 15 is 0 Å². The number of aromatic nitrogens is 1. The minimum absolute atomic E-state index is 0.204. The van der Waals surface area contributed by atoms with Crippen LogP contribution in [0.3, 0.4) is 0 Å². The average molecular weight is 573 g/mol. The lowest BCUT2D eigenvalue weighted by molar-refractivity contribution is -0.139. The topological polar surface area (TPSA) is 79.1 Å². The highest BCUT2D eigenvalue weighted by atomic mass is 32.1. The molecule has 0 aliphatic carbocycles. The van der Waals surface area contributed by atoms with Crippen LogP contribution in [0.5, 0.6) is 11.5 Å². The zero-order valence-electron chi connectivity index (χ0n) is 22.9. The van der Waals surface area contributed by atoms with Gasteiger partial charge in [0.25, 0.3) is 5.56 Å². The number of esters is 1. The largest absolute Gasteiger partial charge is 0.494 e. The highest BCUT2D eigenvalue weighted by molar-refractivity contribution is 7.07. The zero-order valence-corrected chi connectivity index (χ0v) is 23.7. The number of benzene rings is 3. The van der Waals surface area contributed by atoms with Crippen LogP contribution in [-0.4, -0.2) is 23.8 Å². The van der Waals surface area contributed by atoms with E-state index in [9.17, 15) is 14.0 Å². The molecule has 7 nitrogen and oxygen atoms in total. The van der Waals surface area contributed by atoms with Gasteiger partial charge in [-0.3, -0.25) is 9.36 Å². The fourth-order valence-corrected chi connectivity index (χ4v) is 5.66. The van der Waals surface area contributed by atoms with E-state index in [4.69, 9.17) is 14.2 Å². The molecule has 0 radical (unpaired) electrons. The van der Waals surface area contributed by atoms with Crippen LogP contribution < -0.4 is 24.4 Å². The molecule has 0 bridgehead atoms. The number of allylic oxidation sites excluding steroid dienone is 1. The molecule has 3 aromatic carbocycles. The standard InChI is InChI=1S/C32H29FN2O5S/c1-4-38-25-15-11-23(12-16-25)29-28(31(37)39-5-2)20(3)34-32-35(29)30(36)27(41-32)18-22-7-6-8-26(17-22)40-19-21-9-13-24(33)14-10-21/h6-18,29H,4-5,19H2,1-3H3/b27-18-/t29-/m0/s1. The molecule has 4 aromatic rings. The van der Waals surface area contributed by atoms with E-state index < -0.39 is 12.0 Å². The summed E-state index contributed by atoms with van der Waals surface area (Å²) in [6.07, 6.45) is 1.78. The molecular weight excluding hydrogens is 543 g/mol. The van der Waals surface area contributed by atoms with Crippen LogP contribution in [0, 0.1) is 5.82 Å². The Morgan fingerprint density at radius 3 is 2.46 bits per heavy atom. The van der Waals surface area contributed by atoms with E-state index in [-0.39, 0.29) is 24.6 Å². The van der Waals surface area contributed by atoms with Crippen molar-refractivity contribution < 1.29 is 23.4 Å². The van der Waals surface area contributed by atoms with Crippen molar-refractivity contribution in [3.05, 3.63) is 126 Å². The Balaban J connectivity index is 1.53. The van der Waals surface area contributed by atoms with Crippen molar-refractivity contribution in [3.8, 4) is 11.5 Å². The summed E-state index contributed by atoms with van der Waals surface area (Å²) in [4.78, 5) is 32.1. The van der Waals surface area contributed by atoms with Crippen molar-refractivity contribution in [1.82, 2.24) is 4.57 Å². The number of ether oxygens (including phenoxy) is 3. The van der Waals surface area contributed by atoms with Crippen LogP contribution >= 0.6 is 11.3 Å². The van der Waals surface area contributed by atoms with E-state index in [1.54, 1.807) is 36.6 Å². The van der Waals surface area contributed by atoms with Gasteiger partial charge >= 0.3 is 5.97 Å². The summed E-state index contributed by atoms with van der Waals surface area (Å²) in [5.41, 5.74) is 2.92. The molecule has 1 aliphatic heterocycles. The fraction of sp³-hybridized carbons (Fsp3) is 0.219. The van der Waals surface area contributed by atoms with Crippen LogP contribution in [0.15, 0.2) is 93.9 Å². The third-order valence-electron chi connectivity index (χ3n) is 6.50. The number of fused-ring (bicyclic) bond motifs is 1. The second-order valence-corrected chi connectivity index (χ2v) is 10.3. The monoisotopic (exact) mass is 572 g/mol. The molecule has 210 valence electrons. The van der Waals surface area contributed by atoms with Gasteiger partial charge in [0.05, 0.1) is 35.1 Å². The van der Waals surface area contributed by atoms with Gasteiger partial charge < -0.3 is 14.2 Å². The maximum atomic E-state index is 13.8. The van der Waals surface area contributed by atoms with E-state index in [0.29, 0.717) is 38.7 Å².